The second kappa shape index (κ2) is 5.38. The smallest absolute Gasteiger partial charge is 0.271 e. The number of nitrogens with one attached hydrogen (secondary N) is 2. The van der Waals surface area contributed by atoms with Crippen molar-refractivity contribution in [2.45, 2.75) is 0 Å². The fourth-order valence-corrected chi connectivity index (χ4v) is 3.27. The molecule has 0 spiro atoms. The number of H-pyrrole nitrogens is 1. The first-order valence-electron chi connectivity index (χ1n) is 6.71. The molecule has 10 nitrogen and oxygen atoms in total. The third-order valence-electron chi connectivity index (χ3n) is 3.36. The van der Waals surface area contributed by atoms with Gasteiger partial charge in [-0.1, -0.05) is 16.4 Å². The second-order valence-corrected chi connectivity index (χ2v) is 5.74. The van der Waals surface area contributed by atoms with Crippen molar-refractivity contribution in [1.29, 1.82) is 0 Å². The van der Waals surface area contributed by atoms with E-state index < -0.39 is 11.5 Å². The molecule has 0 aliphatic carbocycles. The molecule has 11 heteroatoms. The minimum atomic E-state index is -0.645. The quantitative estimate of drug-likeness (QED) is 0.560. The Kier molecular flexibility index (Phi) is 3.20. The molecule has 120 valence electrons. The van der Waals surface area contributed by atoms with Gasteiger partial charge >= 0.3 is 0 Å². The molecule has 2 N–H and O–H groups in total. The number of tetrazole rings is 1. The molecule has 4 aromatic rings. The maximum Gasteiger partial charge on any atom is 0.271 e. The lowest BCUT2D eigenvalue weighted by molar-refractivity contribution is 0.102. The number of aromatic nitrogens is 6. The Morgan fingerprint density at radius 3 is 3.04 bits per heavy atom. The molecule has 0 saturated heterocycles. The highest BCUT2D eigenvalue weighted by atomic mass is 32.1. The number of carbonyl (C=O) groups excluding carboxylic acids is 1. The van der Waals surface area contributed by atoms with E-state index in [0.29, 0.717) is 16.2 Å². The second-order valence-electron chi connectivity index (χ2n) is 4.73. The Morgan fingerprint density at radius 2 is 2.29 bits per heavy atom. The number of fused-ring (bicyclic) bond motifs is 3. The van der Waals surface area contributed by atoms with Gasteiger partial charge in [-0.05, 0) is 28.6 Å². The molecule has 0 fully saturated rings. The van der Waals surface area contributed by atoms with Crippen molar-refractivity contribution in [3.05, 3.63) is 40.3 Å². The Hall–Kier alpha value is -3.34. The van der Waals surface area contributed by atoms with E-state index in [9.17, 15) is 9.59 Å². The summed E-state index contributed by atoms with van der Waals surface area (Å²) in [6.45, 7) is 0. The van der Waals surface area contributed by atoms with Crippen LogP contribution in [0.4, 0.5) is 5.95 Å². The van der Waals surface area contributed by atoms with E-state index in [0.717, 1.165) is 4.70 Å². The lowest BCUT2D eigenvalue weighted by Crippen LogP contribution is -2.26. The summed E-state index contributed by atoms with van der Waals surface area (Å²) in [7, 11) is 1.57. The maximum atomic E-state index is 12.7. The highest BCUT2D eigenvalue weighted by molar-refractivity contribution is 7.23. The van der Waals surface area contributed by atoms with E-state index in [-0.39, 0.29) is 11.5 Å². The van der Waals surface area contributed by atoms with Crippen molar-refractivity contribution in [2.75, 3.05) is 12.4 Å². The number of amides is 1. The van der Waals surface area contributed by atoms with Crippen LogP contribution in [-0.2, 0) is 0 Å². The molecule has 0 saturated carbocycles. The molecule has 24 heavy (non-hydrogen) atoms. The van der Waals surface area contributed by atoms with Crippen LogP contribution < -0.4 is 15.6 Å². The summed E-state index contributed by atoms with van der Waals surface area (Å²) < 4.78 is 7.41. The van der Waals surface area contributed by atoms with E-state index in [2.05, 4.69) is 30.9 Å². The number of ether oxygens (including phenoxy) is 1. The molecular weight excluding hydrogens is 334 g/mol. The average Bonchev–Trinajstić information content (AvgIpc) is 3.21. The molecule has 1 amide bonds. The summed E-state index contributed by atoms with van der Waals surface area (Å²) >= 11 is 1.33. The van der Waals surface area contributed by atoms with Gasteiger partial charge in [-0.25, -0.2) is 10.1 Å². The number of hydrogen-bond acceptors (Lipinski definition) is 8. The zero-order valence-electron chi connectivity index (χ0n) is 12.2. The SMILES string of the molecule is COc1ccc2c(c1)sc1ncc(C(=O)Nc3nnn[nH]3)c(=O)n12. The number of carbonyl (C=O) groups is 1. The summed E-state index contributed by atoms with van der Waals surface area (Å²) in [4.78, 5) is 29.6. The van der Waals surface area contributed by atoms with Gasteiger partial charge in [-0.3, -0.25) is 19.3 Å². The van der Waals surface area contributed by atoms with E-state index in [1.165, 1.54) is 21.9 Å². The lowest BCUT2D eigenvalue weighted by Gasteiger charge is -2.02. The molecule has 0 aliphatic rings. The van der Waals surface area contributed by atoms with Crippen LogP contribution in [0.15, 0.2) is 29.2 Å². The summed E-state index contributed by atoms with van der Waals surface area (Å²) in [5, 5.41) is 15.0. The summed E-state index contributed by atoms with van der Waals surface area (Å²) in [5.74, 6) is 0.0793. The van der Waals surface area contributed by atoms with Gasteiger partial charge in [0.25, 0.3) is 11.5 Å². The number of benzene rings is 1. The normalized spacial score (nSPS) is 11.0. The minimum absolute atomic E-state index is 0.0457. The number of aromatic amines is 1. The van der Waals surface area contributed by atoms with Gasteiger partial charge in [0.2, 0.25) is 5.95 Å². The number of methoxy groups -OCH3 is 1. The Labute approximate surface area is 137 Å². The standard InChI is InChI=1S/C13H9N7O3S/c1-23-6-2-3-8-9(4-6)24-13-14-5-7(11(22)20(8)13)10(21)15-12-16-18-19-17-12/h2-5H,1H3,(H2,15,16,17,18,19,21). The van der Waals surface area contributed by atoms with Gasteiger partial charge in [-0.2, -0.15) is 0 Å². The first-order chi connectivity index (χ1) is 11.7. The number of anilines is 1. The zero-order valence-corrected chi connectivity index (χ0v) is 13.0. The Morgan fingerprint density at radius 1 is 1.42 bits per heavy atom. The number of nitrogens with zero attached hydrogens (tertiary/aromatic N) is 5. The summed E-state index contributed by atoms with van der Waals surface area (Å²) in [6, 6.07) is 5.31. The van der Waals surface area contributed by atoms with Crippen molar-refractivity contribution in [3.63, 3.8) is 0 Å². The molecule has 3 heterocycles. The van der Waals surface area contributed by atoms with Crippen LogP contribution in [0.5, 0.6) is 5.75 Å². The van der Waals surface area contributed by atoms with Gasteiger partial charge in [0.15, 0.2) is 4.96 Å². The van der Waals surface area contributed by atoms with Gasteiger partial charge in [0, 0.05) is 6.20 Å². The molecule has 0 radical (unpaired) electrons. The summed E-state index contributed by atoms with van der Waals surface area (Å²) in [6.07, 6.45) is 1.24. The van der Waals surface area contributed by atoms with Gasteiger partial charge < -0.3 is 4.74 Å². The van der Waals surface area contributed by atoms with Crippen LogP contribution in [0.1, 0.15) is 10.4 Å². The number of hydrogen-bond donors (Lipinski definition) is 2. The minimum Gasteiger partial charge on any atom is -0.497 e. The number of rotatable bonds is 3. The Balaban J connectivity index is 1.86. The van der Waals surface area contributed by atoms with Gasteiger partial charge in [-0.15, -0.1) is 0 Å². The average molecular weight is 343 g/mol. The lowest BCUT2D eigenvalue weighted by atomic mass is 10.3. The molecular formula is C13H9N7O3S. The van der Waals surface area contributed by atoms with E-state index in [1.54, 1.807) is 19.2 Å². The van der Waals surface area contributed by atoms with Crippen LogP contribution in [0.25, 0.3) is 15.2 Å². The maximum absolute atomic E-state index is 12.7. The van der Waals surface area contributed by atoms with E-state index in [4.69, 9.17) is 4.74 Å². The van der Waals surface area contributed by atoms with Crippen LogP contribution in [0.2, 0.25) is 0 Å². The highest BCUT2D eigenvalue weighted by Crippen LogP contribution is 2.27. The fourth-order valence-electron chi connectivity index (χ4n) is 2.25. The van der Waals surface area contributed by atoms with Crippen LogP contribution in [-0.4, -0.2) is 43.0 Å². The monoisotopic (exact) mass is 343 g/mol. The van der Waals surface area contributed by atoms with Crippen molar-refractivity contribution >= 4 is 38.4 Å². The largest absolute Gasteiger partial charge is 0.497 e. The molecule has 4 rings (SSSR count). The first-order valence-corrected chi connectivity index (χ1v) is 7.52. The van der Waals surface area contributed by atoms with Crippen molar-refractivity contribution < 1.29 is 9.53 Å². The molecule has 0 unspecified atom stereocenters. The third kappa shape index (κ3) is 2.18. The third-order valence-corrected chi connectivity index (χ3v) is 4.38. The molecule has 3 aromatic heterocycles. The number of thiazole rings is 1. The van der Waals surface area contributed by atoms with Crippen molar-refractivity contribution in [1.82, 2.24) is 30.0 Å². The van der Waals surface area contributed by atoms with Crippen LogP contribution in [0.3, 0.4) is 0 Å². The van der Waals surface area contributed by atoms with Gasteiger partial charge in [0.1, 0.15) is 11.3 Å². The fraction of sp³-hybridized carbons (Fsp3) is 0.0769. The summed E-state index contributed by atoms with van der Waals surface area (Å²) in [5.41, 5.74) is 0.0742. The first kappa shape index (κ1) is 14.3. The van der Waals surface area contributed by atoms with E-state index >= 15 is 0 Å². The van der Waals surface area contributed by atoms with Crippen LogP contribution >= 0.6 is 11.3 Å². The van der Waals surface area contributed by atoms with Crippen LogP contribution in [0, 0.1) is 0 Å². The van der Waals surface area contributed by atoms with E-state index in [1.807, 2.05) is 6.07 Å². The van der Waals surface area contributed by atoms with Crippen molar-refractivity contribution in [3.8, 4) is 5.75 Å². The zero-order chi connectivity index (χ0) is 16.7. The van der Waals surface area contributed by atoms with Crippen molar-refractivity contribution in [2.24, 2.45) is 0 Å². The molecule has 0 atom stereocenters. The molecule has 1 aromatic carbocycles. The highest BCUT2D eigenvalue weighted by Gasteiger charge is 2.17. The predicted molar refractivity (Wildman–Crippen MR) is 85.5 cm³/mol. The predicted octanol–water partition coefficient (Wildman–Crippen LogP) is 0.683. The Bertz CT molecular complexity index is 1120. The van der Waals surface area contributed by atoms with Gasteiger partial charge in [0.05, 0.1) is 17.3 Å². The molecule has 0 aliphatic heterocycles. The molecule has 0 bridgehead atoms. The topological polar surface area (TPSA) is 127 Å².